The average Bonchev–Trinajstić information content (AvgIpc) is 2.62. The van der Waals surface area contributed by atoms with Crippen molar-refractivity contribution in [1.82, 2.24) is 10.2 Å². The molecule has 3 rings (SSSR count). The summed E-state index contributed by atoms with van der Waals surface area (Å²) >= 11 is 1.56. The van der Waals surface area contributed by atoms with Gasteiger partial charge in [-0.1, -0.05) is 17.7 Å². The van der Waals surface area contributed by atoms with E-state index in [1.807, 2.05) is 55.5 Å². The van der Waals surface area contributed by atoms with E-state index in [0.717, 1.165) is 20.9 Å². The Hall–Kier alpha value is -2.60. The number of nitrogens with zero attached hydrogens (tertiary/aromatic N) is 3. The highest BCUT2D eigenvalue weighted by molar-refractivity contribution is 7.98. The minimum absolute atomic E-state index is 0.387. The zero-order chi connectivity index (χ0) is 16.9. The molecule has 0 spiro atoms. The molecular weight excluding hydrogens is 322 g/mol. The first-order chi connectivity index (χ1) is 11.7. The van der Waals surface area contributed by atoms with E-state index < -0.39 is 0 Å². The Morgan fingerprint density at radius 2 is 1.75 bits per heavy atom. The molecule has 0 saturated heterocycles. The normalized spacial score (nSPS) is 10.6. The topological polar surface area (TPSA) is 62.0 Å². The highest BCUT2D eigenvalue weighted by atomic mass is 32.2. The molecule has 0 atom stereocenters. The summed E-state index contributed by atoms with van der Waals surface area (Å²) < 4.78 is 5.91. The quantitative estimate of drug-likeness (QED) is 0.405. The summed E-state index contributed by atoms with van der Waals surface area (Å²) in [4.78, 5) is 1.10. The second kappa shape index (κ2) is 7.31. The molecule has 1 aromatic heterocycles. The van der Waals surface area contributed by atoms with Crippen LogP contribution >= 0.6 is 11.8 Å². The number of hydrogen-bond donors (Lipinski definition) is 0. The maximum atomic E-state index is 12.2. The van der Waals surface area contributed by atoms with Crippen LogP contribution in [-0.4, -0.2) is 17.3 Å². The molecule has 0 bridgehead atoms. The third-order valence-corrected chi connectivity index (χ3v) is 4.55. The Bertz CT molecular complexity index is 821. The smallest absolute Gasteiger partial charge is 0.339 e. The van der Waals surface area contributed by atoms with Crippen molar-refractivity contribution in [2.75, 3.05) is 7.11 Å². The van der Waals surface area contributed by atoms with Gasteiger partial charge in [-0.2, -0.15) is 0 Å². The standard InChI is InChI=1S/C18H17N3O2S/c1-13-3-9-16(10-4-13)24-12-18-20-19-17(11-21(18)22)14-5-7-15(23-2)8-6-14/h3-11H,12H2,1-2H3. The van der Waals surface area contributed by atoms with Gasteiger partial charge in [0.15, 0.2) is 5.69 Å². The molecule has 0 radical (unpaired) electrons. The maximum Gasteiger partial charge on any atom is 0.339 e. The van der Waals surface area contributed by atoms with Crippen molar-refractivity contribution in [2.24, 2.45) is 0 Å². The van der Waals surface area contributed by atoms with Crippen LogP contribution < -0.4 is 9.47 Å². The van der Waals surface area contributed by atoms with Crippen LogP contribution in [0.5, 0.6) is 5.75 Å². The van der Waals surface area contributed by atoms with E-state index in [0.29, 0.717) is 17.3 Å². The lowest BCUT2D eigenvalue weighted by molar-refractivity contribution is -0.616. The second-order valence-corrected chi connectivity index (χ2v) is 6.34. The van der Waals surface area contributed by atoms with Crippen LogP contribution in [0, 0.1) is 12.1 Å². The van der Waals surface area contributed by atoms with Crippen molar-refractivity contribution >= 4 is 11.8 Å². The van der Waals surface area contributed by atoms with E-state index in [9.17, 15) is 5.21 Å². The van der Waals surface area contributed by atoms with Gasteiger partial charge in [-0.25, -0.2) is 4.73 Å². The van der Waals surface area contributed by atoms with Crippen molar-refractivity contribution in [3.05, 3.63) is 71.3 Å². The number of hydrogen-bond acceptors (Lipinski definition) is 5. The van der Waals surface area contributed by atoms with Gasteiger partial charge in [0.05, 0.1) is 12.2 Å². The third kappa shape index (κ3) is 3.83. The maximum absolute atomic E-state index is 12.2. The lowest BCUT2D eigenvalue weighted by Crippen LogP contribution is -2.33. The van der Waals surface area contributed by atoms with Crippen molar-refractivity contribution < 1.29 is 9.47 Å². The predicted molar refractivity (Wildman–Crippen MR) is 93.7 cm³/mol. The van der Waals surface area contributed by atoms with Crippen molar-refractivity contribution in [2.45, 2.75) is 17.6 Å². The predicted octanol–water partition coefficient (Wildman–Crippen LogP) is 3.39. The lowest BCUT2D eigenvalue weighted by Gasteiger charge is -2.07. The average molecular weight is 339 g/mol. The Morgan fingerprint density at radius 1 is 1.04 bits per heavy atom. The highest BCUT2D eigenvalue weighted by Gasteiger charge is 2.13. The first kappa shape index (κ1) is 16.3. The molecule has 5 nitrogen and oxygen atoms in total. The Kier molecular flexibility index (Phi) is 4.96. The van der Waals surface area contributed by atoms with Gasteiger partial charge in [0.25, 0.3) is 0 Å². The number of thioether (sulfide) groups is 1. The fourth-order valence-electron chi connectivity index (χ4n) is 2.14. The first-order valence-electron chi connectivity index (χ1n) is 7.45. The van der Waals surface area contributed by atoms with Crippen molar-refractivity contribution in [1.29, 1.82) is 0 Å². The van der Waals surface area contributed by atoms with Crippen LogP contribution in [0.15, 0.2) is 59.6 Å². The molecule has 2 aromatic carbocycles. The summed E-state index contributed by atoms with van der Waals surface area (Å²) in [6.45, 7) is 2.05. The summed E-state index contributed by atoms with van der Waals surface area (Å²) in [5.74, 6) is 1.62. The van der Waals surface area contributed by atoms with E-state index in [1.54, 1.807) is 18.9 Å². The van der Waals surface area contributed by atoms with E-state index in [1.165, 1.54) is 11.8 Å². The Balaban J connectivity index is 1.73. The zero-order valence-corrected chi connectivity index (χ0v) is 14.3. The highest BCUT2D eigenvalue weighted by Crippen LogP contribution is 2.22. The number of aryl methyl sites for hydroxylation is 1. The van der Waals surface area contributed by atoms with E-state index in [2.05, 4.69) is 10.2 Å². The van der Waals surface area contributed by atoms with Gasteiger partial charge in [-0.15, -0.1) is 11.8 Å². The number of ether oxygens (including phenoxy) is 1. The molecule has 0 aliphatic heterocycles. The van der Waals surface area contributed by atoms with Crippen LogP contribution in [0.25, 0.3) is 11.3 Å². The molecule has 122 valence electrons. The summed E-state index contributed by atoms with van der Waals surface area (Å²) in [7, 11) is 1.61. The molecular formula is C18H17N3O2S. The van der Waals surface area contributed by atoms with Crippen LogP contribution in [0.3, 0.4) is 0 Å². The molecule has 24 heavy (non-hydrogen) atoms. The number of benzene rings is 2. The summed E-state index contributed by atoms with van der Waals surface area (Å²) in [6, 6.07) is 15.5. The largest absolute Gasteiger partial charge is 0.711 e. The van der Waals surface area contributed by atoms with Crippen LogP contribution in [0.1, 0.15) is 11.4 Å². The van der Waals surface area contributed by atoms with Crippen molar-refractivity contribution in [3.8, 4) is 17.0 Å². The third-order valence-electron chi connectivity index (χ3n) is 3.54. The molecule has 0 amide bonds. The number of rotatable bonds is 5. The Labute approximate surface area is 144 Å². The number of methoxy groups -OCH3 is 1. The van der Waals surface area contributed by atoms with Gasteiger partial charge >= 0.3 is 5.82 Å². The van der Waals surface area contributed by atoms with Gasteiger partial charge in [0, 0.05) is 10.5 Å². The van der Waals surface area contributed by atoms with Crippen LogP contribution in [0.2, 0.25) is 0 Å². The summed E-state index contributed by atoms with van der Waals surface area (Å²) in [5.41, 5.74) is 2.57. The van der Waals surface area contributed by atoms with Crippen molar-refractivity contribution in [3.63, 3.8) is 0 Å². The van der Waals surface area contributed by atoms with Gasteiger partial charge in [-0.3, -0.25) is 0 Å². The van der Waals surface area contributed by atoms with Gasteiger partial charge in [0.2, 0.25) is 0 Å². The van der Waals surface area contributed by atoms with Gasteiger partial charge < -0.3 is 9.94 Å². The fourth-order valence-corrected chi connectivity index (χ4v) is 2.95. The van der Waals surface area contributed by atoms with E-state index in [-0.39, 0.29) is 0 Å². The molecule has 0 fully saturated rings. The molecule has 0 unspecified atom stereocenters. The molecule has 3 aromatic rings. The van der Waals surface area contributed by atoms with Crippen LogP contribution in [0.4, 0.5) is 0 Å². The molecule has 0 aliphatic rings. The minimum atomic E-state index is 0.387. The zero-order valence-electron chi connectivity index (χ0n) is 13.5. The molecule has 0 aliphatic carbocycles. The SMILES string of the molecule is COc1ccc(-c2c[n+]([O-])c(CSc3ccc(C)cc3)nn2)cc1. The van der Waals surface area contributed by atoms with Gasteiger partial charge in [-0.05, 0) is 48.4 Å². The monoisotopic (exact) mass is 339 g/mol. The summed E-state index contributed by atoms with van der Waals surface area (Å²) in [5, 5.41) is 20.4. The minimum Gasteiger partial charge on any atom is -0.711 e. The molecule has 6 heteroatoms. The van der Waals surface area contributed by atoms with Gasteiger partial charge in [0.1, 0.15) is 17.7 Å². The fraction of sp³-hybridized carbons (Fsp3) is 0.167. The number of aromatic nitrogens is 3. The molecule has 0 saturated carbocycles. The lowest BCUT2D eigenvalue weighted by atomic mass is 10.1. The Morgan fingerprint density at radius 3 is 2.38 bits per heavy atom. The second-order valence-electron chi connectivity index (χ2n) is 5.29. The summed E-state index contributed by atoms with van der Waals surface area (Å²) in [6.07, 6.45) is 1.46. The molecule has 0 N–H and O–H groups in total. The first-order valence-corrected chi connectivity index (χ1v) is 8.44. The van der Waals surface area contributed by atoms with E-state index in [4.69, 9.17) is 4.74 Å². The van der Waals surface area contributed by atoms with E-state index >= 15 is 0 Å². The van der Waals surface area contributed by atoms with Crippen LogP contribution in [-0.2, 0) is 5.75 Å². The molecule has 1 heterocycles.